The van der Waals surface area contributed by atoms with Crippen molar-refractivity contribution in [3.05, 3.63) is 94.1 Å². The first kappa shape index (κ1) is 19.2. The summed E-state index contributed by atoms with van der Waals surface area (Å²) >= 11 is 0. The van der Waals surface area contributed by atoms with Crippen LogP contribution in [-0.2, 0) is 24.4 Å². The topological polar surface area (TPSA) is 64.7 Å². The lowest BCUT2D eigenvalue weighted by molar-refractivity contribution is -0.129. The summed E-state index contributed by atoms with van der Waals surface area (Å²) in [5.74, 6) is 1.52. The molecule has 5 rings (SSSR count). The molecule has 1 aliphatic heterocycles. The first-order valence-electron chi connectivity index (χ1n) is 10.3. The van der Waals surface area contributed by atoms with Gasteiger partial charge in [-0.05, 0) is 23.8 Å². The lowest BCUT2D eigenvalue weighted by Gasteiger charge is -2.25. The molecule has 31 heavy (non-hydrogen) atoms. The van der Waals surface area contributed by atoms with Crippen LogP contribution in [0.3, 0.4) is 0 Å². The predicted molar refractivity (Wildman–Crippen MR) is 117 cm³/mol. The molecular formula is C25H22N2O4. The van der Waals surface area contributed by atoms with Gasteiger partial charge in [-0.15, -0.1) is 0 Å². The van der Waals surface area contributed by atoms with Crippen LogP contribution in [0.2, 0.25) is 0 Å². The molecule has 1 aliphatic rings. The highest BCUT2D eigenvalue weighted by Gasteiger charge is 2.24. The zero-order chi connectivity index (χ0) is 21.4. The molecule has 2 aromatic heterocycles. The summed E-state index contributed by atoms with van der Waals surface area (Å²) in [5.41, 5.74) is 3.37. The average molecular weight is 414 g/mol. The van der Waals surface area contributed by atoms with E-state index < -0.39 is 0 Å². The predicted octanol–water partition coefficient (Wildman–Crippen LogP) is 4.07. The molecule has 0 radical (unpaired) electrons. The lowest BCUT2D eigenvalue weighted by atomic mass is 10.0. The van der Waals surface area contributed by atoms with Crippen molar-refractivity contribution in [1.82, 2.24) is 9.47 Å². The van der Waals surface area contributed by atoms with Gasteiger partial charge in [-0.1, -0.05) is 30.3 Å². The van der Waals surface area contributed by atoms with E-state index in [1.165, 1.54) is 6.07 Å². The second-order valence-electron chi connectivity index (χ2n) is 7.72. The van der Waals surface area contributed by atoms with Crippen molar-refractivity contribution < 1.29 is 13.9 Å². The standard InChI is InChI=1S/C25H22N2O4/c1-17(28)26-11-10-23-22(15-26)21-8-7-19(13-24(21)31-23)27-12-9-20(14-25(27)29)30-16-18-5-3-2-4-6-18/h2-9,12-14H,10-11,15-16H2,1H3. The van der Waals surface area contributed by atoms with Gasteiger partial charge in [0.1, 0.15) is 23.7 Å². The molecule has 3 heterocycles. The molecule has 4 aromatic rings. The van der Waals surface area contributed by atoms with E-state index in [1.54, 1.807) is 23.8 Å². The van der Waals surface area contributed by atoms with E-state index >= 15 is 0 Å². The van der Waals surface area contributed by atoms with E-state index in [4.69, 9.17) is 9.15 Å². The number of ether oxygens (including phenoxy) is 1. The van der Waals surface area contributed by atoms with Gasteiger partial charge in [-0.3, -0.25) is 14.2 Å². The number of carbonyl (C=O) groups excluding carboxylic acids is 1. The van der Waals surface area contributed by atoms with E-state index in [0.29, 0.717) is 31.9 Å². The smallest absolute Gasteiger partial charge is 0.258 e. The van der Waals surface area contributed by atoms with Gasteiger partial charge in [0.05, 0.1) is 5.69 Å². The zero-order valence-corrected chi connectivity index (χ0v) is 17.2. The van der Waals surface area contributed by atoms with Gasteiger partial charge in [0.2, 0.25) is 5.91 Å². The number of benzene rings is 2. The molecule has 0 saturated heterocycles. The van der Waals surface area contributed by atoms with Crippen LogP contribution in [-0.4, -0.2) is 21.9 Å². The molecule has 2 aromatic carbocycles. The van der Waals surface area contributed by atoms with Crippen molar-refractivity contribution in [3.63, 3.8) is 0 Å². The van der Waals surface area contributed by atoms with Crippen molar-refractivity contribution in [2.45, 2.75) is 26.5 Å². The minimum atomic E-state index is -0.177. The third kappa shape index (κ3) is 3.72. The van der Waals surface area contributed by atoms with Gasteiger partial charge in [0.25, 0.3) is 5.56 Å². The second-order valence-corrected chi connectivity index (χ2v) is 7.72. The monoisotopic (exact) mass is 414 g/mol. The highest BCUT2D eigenvalue weighted by atomic mass is 16.5. The molecule has 0 atom stereocenters. The molecule has 6 nitrogen and oxygen atoms in total. The number of hydrogen-bond acceptors (Lipinski definition) is 4. The largest absolute Gasteiger partial charge is 0.489 e. The number of hydrogen-bond donors (Lipinski definition) is 0. The van der Waals surface area contributed by atoms with Crippen LogP contribution in [0.4, 0.5) is 0 Å². The summed E-state index contributed by atoms with van der Waals surface area (Å²) < 4.78 is 13.4. The molecule has 0 spiro atoms. The molecule has 0 bridgehead atoms. The van der Waals surface area contributed by atoms with E-state index in [1.807, 2.05) is 53.4 Å². The Morgan fingerprint density at radius 1 is 1.10 bits per heavy atom. The first-order chi connectivity index (χ1) is 15.1. The third-order valence-corrected chi connectivity index (χ3v) is 5.68. The Balaban J connectivity index is 1.40. The Morgan fingerprint density at radius 3 is 2.71 bits per heavy atom. The van der Waals surface area contributed by atoms with Gasteiger partial charge in [0.15, 0.2) is 0 Å². The van der Waals surface area contributed by atoms with Gasteiger partial charge >= 0.3 is 0 Å². The lowest BCUT2D eigenvalue weighted by Crippen LogP contribution is -2.33. The SMILES string of the molecule is CC(=O)N1CCc2oc3cc(-n4ccc(OCc5ccccc5)cc4=O)ccc3c2C1. The highest BCUT2D eigenvalue weighted by Crippen LogP contribution is 2.32. The maximum Gasteiger partial charge on any atom is 0.258 e. The Labute approximate surface area is 179 Å². The Bertz CT molecular complexity index is 1320. The van der Waals surface area contributed by atoms with E-state index in [2.05, 4.69) is 0 Å². The van der Waals surface area contributed by atoms with Crippen LogP contribution in [0.25, 0.3) is 16.7 Å². The number of aromatic nitrogens is 1. The molecule has 0 saturated carbocycles. The number of nitrogens with zero attached hydrogens (tertiary/aromatic N) is 2. The first-order valence-corrected chi connectivity index (χ1v) is 10.3. The summed E-state index contributed by atoms with van der Waals surface area (Å²) in [6.07, 6.45) is 2.41. The van der Waals surface area contributed by atoms with Gasteiger partial charge in [0, 0.05) is 55.7 Å². The summed E-state index contributed by atoms with van der Waals surface area (Å²) in [7, 11) is 0. The minimum Gasteiger partial charge on any atom is -0.489 e. The van der Waals surface area contributed by atoms with Crippen LogP contribution in [0, 0.1) is 0 Å². The fourth-order valence-corrected chi connectivity index (χ4v) is 3.99. The second kappa shape index (κ2) is 7.80. The summed E-state index contributed by atoms with van der Waals surface area (Å²) in [4.78, 5) is 26.3. The molecular weight excluding hydrogens is 392 g/mol. The van der Waals surface area contributed by atoms with Crippen molar-refractivity contribution >= 4 is 16.9 Å². The van der Waals surface area contributed by atoms with E-state index in [9.17, 15) is 9.59 Å². The summed E-state index contributed by atoms with van der Waals surface area (Å²) in [5, 5.41) is 0.987. The fraction of sp³-hybridized carbons (Fsp3) is 0.200. The number of carbonyl (C=O) groups is 1. The van der Waals surface area contributed by atoms with E-state index in [-0.39, 0.29) is 11.5 Å². The van der Waals surface area contributed by atoms with Crippen molar-refractivity contribution in [3.8, 4) is 11.4 Å². The molecule has 156 valence electrons. The Morgan fingerprint density at radius 2 is 1.94 bits per heavy atom. The third-order valence-electron chi connectivity index (χ3n) is 5.68. The van der Waals surface area contributed by atoms with Crippen LogP contribution < -0.4 is 10.3 Å². The van der Waals surface area contributed by atoms with E-state index in [0.717, 1.165) is 33.5 Å². The maximum absolute atomic E-state index is 12.7. The minimum absolute atomic E-state index is 0.0674. The van der Waals surface area contributed by atoms with Crippen LogP contribution in [0.15, 0.2) is 76.1 Å². The number of fused-ring (bicyclic) bond motifs is 3. The van der Waals surface area contributed by atoms with Crippen molar-refractivity contribution in [1.29, 1.82) is 0 Å². The highest BCUT2D eigenvalue weighted by molar-refractivity contribution is 5.85. The number of furan rings is 1. The quantitative estimate of drug-likeness (QED) is 0.505. The normalized spacial score (nSPS) is 13.3. The van der Waals surface area contributed by atoms with Crippen molar-refractivity contribution in [2.24, 2.45) is 0 Å². The maximum atomic E-state index is 12.7. The zero-order valence-electron chi connectivity index (χ0n) is 17.2. The van der Waals surface area contributed by atoms with Crippen LogP contribution >= 0.6 is 0 Å². The molecule has 1 amide bonds. The molecule has 0 aliphatic carbocycles. The number of amides is 1. The van der Waals surface area contributed by atoms with Crippen molar-refractivity contribution in [2.75, 3.05) is 6.54 Å². The average Bonchev–Trinajstić information content (AvgIpc) is 3.15. The Kier molecular flexibility index (Phi) is 4.82. The molecule has 6 heteroatoms. The van der Waals surface area contributed by atoms with Crippen LogP contribution in [0.5, 0.6) is 5.75 Å². The van der Waals surface area contributed by atoms with Gasteiger partial charge < -0.3 is 14.1 Å². The fourth-order valence-electron chi connectivity index (χ4n) is 3.99. The molecule has 0 fully saturated rings. The molecule has 0 N–H and O–H groups in total. The molecule has 0 unspecified atom stereocenters. The van der Waals surface area contributed by atoms with Gasteiger partial charge in [-0.25, -0.2) is 0 Å². The Hall–Kier alpha value is -3.80. The van der Waals surface area contributed by atoms with Gasteiger partial charge in [-0.2, -0.15) is 0 Å². The number of rotatable bonds is 4. The number of pyridine rings is 1. The summed E-state index contributed by atoms with van der Waals surface area (Å²) in [6, 6.07) is 18.8. The van der Waals surface area contributed by atoms with Crippen LogP contribution in [0.1, 0.15) is 23.8 Å². The summed E-state index contributed by atoms with van der Waals surface area (Å²) in [6.45, 7) is 3.22.